The molecule has 92 valence electrons. The molecule has 0 aliphatic carbocycles. The smallest absolute Gasteiger partial charge is 0.332 e. The summed E-state index contributed by atoms with van der Waals surface area (Å²) in [5.74, 6) is -0.652. The van der Waals surface area contributed by atoms with E-state index >= 15 is 0 Å². The molecule has 1 aromatic rings. The Bertz CT molecular complexity index is 398. The maximum Gasteiger partial charge on any atom is 0.332 e. The zero-order chi connectivity index (χ0) is 12.8. The first-order valence-electron chi connectivity index (χ1n) is 5.55. The minimum atomic E-state index is -0.412. The van der Waals surface area contributed by atoms with Gasteiger partial charge >= 0.3 is 5.97 Å². The van der Waals surface area contributed by atoms with Gasteiger partial charge in [-0.15, -0.1) is 0 Å². The van der Waals surface area contributed by atoms with Crippen LogP contribution in [-0.2, 0) is 20.8 Å². The predicted octanol–water partition coefficient (Wildman–Crippen LogP) is 1.86. The highest BCUT2D eigenvalue weighted by atomic mass is 16.7. The third-order valence-electron chi connectivity index (χ3n) is 2.35. The average Bonchev–Trinajstić information content (AvgIpc) is 2.31. The number of aryl methyl sites for hydroxylation is 1. The van der Waals surface area contributed by atoms with Crippen molar-refractivity contribution in [3.63, 3.8) is 0 Å². The van der Waals surface area contributed by atoms with Gasteiger partial charge in [-0.3, -0.25) is 4.79 Å². The highest BCUT2D eigenvalue weighted by Gasteiger charge is 2.13. The zero-order valence-corrected chi connectivity index (χ0v) is 10.4. The molecule has 17 heavy (non-hydrogen) atoms. The zero-order valence-electron chi connectivity index (χ0n) is 10.4. The van der Waals surface area contributed by atoms with Crippen molar-refractivity contribution in [2.75, 3.05) is 7.05 Å². The molecule has 1 rings (SSSR count). The van der Waals surface area contributed by atoms with Crippen molar-refractivity contribution in [1.82, 2.24) is 5.06 Å². The summed E-state index contributed by atoms with van der Waals surface area (Å²) in [5, 5.41) is 0.992. The Balaban J connectivity index is 2.54. The van der Waals surface area contributed by atoms with Crippen molar-refractivity contribution in [2.45, 2.75) is 26.7 Å². The van der Waals surface area contributed by atoms with Crippen LogP contribution in [0.1, 0.15) is 24.5 Å². The van der Waals surface area contributed by atoms with E-state index < -0.39 is 5.97 Å². The molecule has 0 spiro atoms. The van der Waals surface area contributed by atoms with Crippen LogP contribution in [-0.4, -0.2) is 24.0 Å². The lowest BCUT2D eigenvalue weighted by atomic mass is 10.1. The van der Waals surface area contributed by atoms with Crippen LogP contribution >= 0.6 is 0 Å². The van der Waals surface area contributed by atoms with Gasteiger partial charge in [0.25, 0.3) is 5.91 Å². The van der Waals surface area contributed by atoms with Crippen molar-refractivity contribution < 1.29 is 14.4 Å². The topological polar surface area (TPSA) is 46.6 Å². The van der Waals surface area contributed by atoms with E-state index in [4.69, 9.17) is 4.84 Å². The normalized spacial score (nSPS) is 9.82. The first kappa shape index (κ1) is 13.2. The molecule has 0 heterocycles. The third-order valence-corrected chi connectivity index (χ3v) is 2.35. The van der Waals surface area contributed by atoms with Gasteiger partial charge in [-0.1, -0.05) is 36.8 Å². The van der Waals surface area contributed by atoms with Gasteiger partial charge in [0.2, 0.25) is 0 Å². The Morgan fingerprint density at radius 3 is 2.35 bits per heavy atom. The van der Waals surface area contributed by atoms with Gasteiger partial charge in [0.05, 0.1) is 6.42 Å². The third kappa shape index (κ3) is 4.26. The molecule has 0 bridgehead atoms. The van der Waals surface area contributed by atoms with Crippen molar-refractivity contribution >= 4 is 11.9 Å². The fourth-order valence-electron chi connectivity index (χ4n) is 1.26. The number of likely N-dealkylation sites (N-methyl/N-ethyl adjacent to an activating group) is 1. The van der Waals surface area contributed by atoms with Gasteiger partial charge in [0.15, 0.2) is 0 Å². The van der Waals surface area contributed by atoms with Crippen LogP contribution in [0.5, 0.6) is 0 Å². The average molecular weight is 235 g/mol. The molecule has 0 saturated carbocycles. The van der Waals surface area contributed by atoms with Crippen molar-refractivity contribution in [1.29, 1.82) is 0 Å². The summed E-state index contributed by atoms with van der Waals surface area (Å²) < 4.78 is 0. The number of rotatable bonds is 3. The SMILES string of the molecule is CCC(=O)ON(C)C(=O)Cc1ccc(C)cc1. The molecule has 4 heteroatoms. The summed E-state index contributed by atoms with van der Waals surface area (Å²) in [6.07, 6.45) is 0.482. The maximum atomic E-state index is 11.7. The predicted molar refractivity (Wildman–Crippen MR) is 64.0 cm³/mol. The van der Waals surface area contributed by atoms with E-state index in [1.165, 1.54) is 7.05 Å². The van der Waals surface area contributed by atoms with Crippen molar-refractivity contribution in [2.24, 2.45) is 0 Å². The van der Waals surface area contributed by atoms with E-state index in [2.05, 4.69) is 0 Å². The van der Waals surface area contributed by atoms with Gasteiger partial charge in [-0.2, -0.15) is 5.06 Å². The minimum Gasteiger partial charge on any atom is -0.338 e. The molecule has 0 unspecified atom stereocenters. The van der Waals surface area contributed by atoms with Gasteiger partial charge in [-0.25, -0.2) is 4.79 Å². The van der Waals surface area contributed by atoms with E-state index in [1.54, 1.807) is 6.92 Å². The van der Waals surface area contributed by atoms with E-state index in [0.717, 1.165) is 16.2 Å². The number of carbonyl (C=O) groups excluding carboxylic acids is 2. The molecule has 0 atom stereocenters. The molecular formula is C13H17NO3. The van der Waals surface area contributed by atoms with Crippen LogP contribution in [0.15, 0.2) is 24.3 Å². The second-order valence-corrected chi connectivity index (χ2v) is 3.87. The minimum absolute atomic E-state index is 0.230. The summed E-state index contributed by atoms with van der Waals surface area (Å²) in [6, 6.07) is 7.67. The molecule has 0 saturated heterocycles. The number of hydrogen-bond acceptors (Lipinski definition) is 3. The Morgan fingerprint density at radius 1 is 1.24 bits per heavy atom. The highest BCUT2D eigenvalue weighted by molar-refractivity contribution is 5.79. The van der Waals surface area contributed by atoms with E-state index in [9.17, 15) is 9.59 Å². The summed E-state index contributed by atoms with van der Waals surface area (Å²) in [5.41, 5.74) is 2.05. The van der Waals surface area contributed by atoms with E-state index in [0.29, 0.717) is 0 Å². The molecule has 1 amide bonds. The Hall–Kier alpha value is -1.84. The summed E-state index contributed by atoms with van der Waals surface area (Å²) in [4.78, 5) is 27.5. The van der Waals surface area contributed by atoms with Crippen LogP contribution < -0.4 is 0 Å². The highest BCUT2D eigenvalue weighted by Crippen LogP contribution is 2.05. The van der Waals surface area contributed by atoms with Gasteiger partial charge in [0, 0.05) is 13.5 Å². The molecule has 1 aromatic carbocycles. The van der Waals surface area contributed by atoms with Gasteiger partial charge < -0.3 is 4.84 Å². The quantitative estimate of drug-likeness (QED) is 0.751. The summed E-state index contributed by atoms with van der Waals surface area (Å²) in [7, 11) is 1.45. The molecule has 0 N–H and O–H groups in total. The van der Waals surface area contributed by atoms with Crippen molar-refractivity contribution in [3.8, 4) is 0 Å². The number of amides is 1. The monoisotopic (exact) mass is 235 g/mol. The lowest BCUT2D eigenvalue weighted by molar-refractivity contribution is -0.192. The van der Waals surface area contributed by atoms with Crippen LogP contribution in [0.3, 0.4) is 0 Å². The first-order valence-corrected chi connectivity index (χ1v) is 5.55. The standard InChI is InChI=1S/C13H17NO3/c1-4-13(16)17-14(3)12(15)9-11-7-5-10(2)6-8-11/h5-8H,4,9H2,1-3H3. The Morgan fingerprint density at radius 2 is 1.82 bits per heavy atom. The number of hydrogen-bond donors (Lipinski definition) is 0. The van der Waals surface area contributed by atoms with Crippen LogP contribution in [0.2, 0.25) is 0 Å². The maximum absolute atomic E-state index is 11.7. The molecule has 0 aliphatic heterocycles. The molecule has 0 fully saturated rings. The molecular weight excluding hydrogens is 218 g/mol. The second-order valence-electron chi connectivity index (χ2n) is 3.87. The number of carbonyl (C=O) groups is 2. The Labute approximate surface area is 101 Å². The largest absolute Gasteiger partial charge is 0.338 e. The van der Waals surface area contributed by atoms with Crippen LogP contribution in [0.25, 0.3) is 0 Å². The number of benzene rings is 1. The molecule has 4 nitrogen and oxygen atoms in total. The van der Waals surface area contributed by atoms with Gasteiger partial charge in [0.1, 0.15) is 0 Å². The summed E-state index contributed by atoms with van der Waals surface area (Å²) in [6.45, 7) is 3.67. The second kappa shape index (κ2) is 6.03. The summed E-state index contributed by atoms with van der Waals surface area (Å²) >= 11 is 0. The van der Waals surface area contributed by atoms with Crippen molar-refractivity contribution in [3.05, 3.63) is 35.4 Å². The van der Waals surface area contributed by atoms with Crippen LogP contribution in [0.4, 0.5) is 0 Å². The number of nitrogens with zero attached hydrogens (tertiary/aromatic N) is 1. The fraction of sp³-hybridized carbons (Fsp3) is 0.385. The lowest BCUT2D eigenvalue weighted by Gasteiger charge is -2.15. The number of hydroxylamine groups is 2. The van der Waals surface area contributed by atoms with Gasteiger partial charge in [-0.05, 0) is 12.5 Å². The molecule has 0 aromatic heterocycles. The fourth-order valence-corrected chi connectivity index (χ4v) is 1.26. The molecule has 0 radical (unpaired) electrons. The van der Waals surface area contributed by atoms with E-state index in [-0.39, 0.29) is 18.7 Å². The molecule has 0 aliphatic rings. The Kier molecular flexibility index (Phi) is 4.69. The lowest BCUT2D eigenvalue weighted by Crippen LogP contribution is -2.30. The van der Waals surface area contributed by atoms with E-state index in [1.807, 2.05) is 31.2 Å². The first-order chi connectivity index (χ1) is 8.02. The van der Waals surface area contributed by atoms with Crippen LogP contribution in [0, 0.1) is 6.92 Å².